The van der Waals surface area contributed by atoms with E-state index in [4.69, 9.17) is 0 Å². The molecule has 0 heterocycles. The van der Waals surface area contributed by atoms with Crippen LogP contribution in [0.3, 0.4) is 0 Å². The molecule has 0 radical (unpaired) electrons. The first-order chi connectivity index (χ1) is 4.09. The Morgan fingerprint density at radius 2 is 2.11 bits per heavy atom. The molecule has 0 spiro atoms. The van der Waals surface area contributed by atoms with E-state index in [2.05, 4.69) is 14.8 Å². The summed E-state index contributed by atoms with van der Waals surface area (Å²) < 4.78 is 0. The van der Waals surface area contributed by atoms with Crippen LogP contribution in [-0.4, -0.2) is 21.5 Å². The molecule has 0 rings (SSSR count). The predicted molar refractivity (Wildman–Crippen MR) is 45.5 cm³/mol. The van der Waals surface area contributed by atoms with Gasteiger partial charge in [0, 0.05) is 0 Å². The molecular formula is C6H14B2O. The van der Waals surface area contributed by atoms with Gasteiger partial charge in [-0.05, 0) is 18.7 Å². The number of rotatable bonds is 3. The maximum Gasteiger partial charge on any atom is 0.125 e. The number of ketones is 1. The number of carbonyl (C=O) groups is 1. The molecule has 0 aromatic heterocycles. The Balaban J connectivity index is 3.72. The lowest BCUT2D eigenvalue weighted by molar-refractivity contribution is -0.117. The van der Waals surface area contributed by atoms with Crippen molar-refractivity contribution in [3.63, 3.8) is 0 Å². The van der Waals surface area contributed by atoms with Gasteiger partial charge in [-0.25, -0.2) is 0 Å². The topological polar surface area (TPSA) is 17.1 Å². The Kier molecular flexibility index (Phi) is 3.67. The Morgan fingerprint density at radius 3 is 2.22 bits per heavy atom. The summed E-state index contributed by atoms with van der Waals surface area (Å²) >= 11 is 0. The Morgan fingerprint density at radius 1 is 1.67 bits per heavy atom. The van der Waals surface area contributed by atoms with Crippen molar-refractivity contribution in [1.29, 1.82) is 0 Å². The molecule has 0 aliphatic carbocycles. The fourth-order valence-corrected chi connectivity index (χ4v) is 0.754. The Bertz CT molecular complexity index is 103. The van der Waals surface area contributed by atoms with Gasteiger partial charge in [0.2, 0.25) is 0 Å². The van der Waals surface area contributed by atoms with Crippen LogP contribution in [0.4, 0.5) is 0 Å². The molecule has 0 fully saturated rings. The van der Waals surface area contributed by atoms with E-state index in [1.54, 1.807) is 6.92 Å². The average molecular weight is 124 g/mol. The van der Waals surface area contributed by atoms with E-state index in [1.807, 2.05) is 7.85 Å². The van der Waals surface area contributed by atoms with Crippen molar-refractivity contribution in [2.75, 3.05) is 0 Å². The van der Waals surface area contributed by atoms with Gasteiger partial charge in [-0.3, -0.25) is 0 Å². The van der Waals surface area contributed by atoms with E-state index in [1.165, 1.54) is 0 Å². The fraction of sp³-hybridized carbons (Fsp3) is 0.833. The zero-order valence-electron chi connectivity index (χ0n) is 6.77. The fourth-order valence-electron chi connectivity index (χ4n) is 0.754. The van der Waals surface area contributed by atoms with E-state index in [0.717, 1.165) is 6.32 Å². The highest BCUT2D eigenvalue weighted by Gasteiger charge is 2.13. The summed E-state index contributed by atoms with van der Waals surface area (Å²) in [5.41, 5.74) is 0. The zero-order valence-corrected chi connectivity index (χ0v) is 6.77. The molecule has 2 unspecified atom stereocenters. The molecule has 1 nitrogen and oxygen atoms in total. The smallest absolute Gasteiger partial charge is 0.125 e. The molecular weight excluding hydrogens is 110 g/mol. The van der Waals surface area contributed by atoms with Gasteiger partial charge < -0.3 is 4.79 Å². The largest absolute Gasteiger partial charge is 0.301 e. The SMILES string of the molecule is BCC(C)C(B)C(C)=O. The molecule has 0 bridgehead atoms. The molecule has 0 amide bonds. The molecule has 9 heavy (non-hydrogen) atoms. The molecule has 0 N–H and O–H groups in total. The summed E-state index contributed by atoms with van der Waals surface area (Å²) in [7, 11) is 4.11. The summed E-state index contributed by atoms with van der Waals surface area (Å²) in [4.78, 5) is 10.7. The van der Waals surface area contributed by atoms with Gasteiger partial charge in [-0.2, -0.15) is 0 Å². The molecule has 0 aromatic rings. The highest BCUT2D eigenvalue weighted by molar-refractivity contribution is 6.24. The summed E-state index contributed by atoms with van der Waals surface area (Å²) in [6.07, 6.45) is 1.10. The molecule has 0 aliphatic rings. The van der Waals surface area contributed by atoms with Crippen LogP contribution in [0.25, 0.3) is 0 Å². The second-order valence-corrected chi connectivity index (χ2v) is 2.78. The van der Waals surface area contributed by atoms with Crippen molar-refractivity contribution in [2.45, 2.75) is 26.0 Å². The van der Waals surface area contributed by atoms with Crippen molar-refractivity contribution in [3.8, 4) is 0 Å². The second kappa shape index (κ2) is 3.76. The summed E-state index contributed by atoms with van der Waals surface area (Å²) in [5.74, 6) is 1.10. The van der Waals surface area contributed by atoms with Crippen LogP contribution in [-0.2, 0) is 4.79 Å². The number of hydrogen-bond donors (Lipinski definition) is 0. The maximum atomic E-state index is 10.7. The zero-order chi connectivity index (χ0) is 7.44. The molecule has 3 heteroatoms. The van der Waals surface area contributed by atoms with Gasteiger partial charge in [-0.1, -0.05) is 13.2 Å². The van der Waals surface area contributed by atoms with Crippen LogP contribution in [0, 0.1) is 5.92 Å². The van der Waals surface area contributed by atoms with E-state index < -0.39 is 0 Å². The van der Waals surface area contributed by atoms with Crippen LogP contribution < -0.4 is 0 Å². The van der Waals surface area contributed by atoms with Crippen molar-refractivity contribution >= 4 is 21.5 Å². The van der Waals surface area contributed by atoms with Gasteiger partial charge in [-0.15, -0.1) is 0 Å². The quantitative estimate of drug-likeness (QED) is 0.471. The summed E-state index contributed by atoms with van der Waals surface area (Å²) in [5, 5.41) is 0. The van der Waals surface area contributed by atoms with Crippen LogP contribution in [0.15, 0.2) is 0 Å². The molecule has 0 aromatic carbocycles. The first kappa shape index (κ1) is 8.80. The van der Waals surface area contributed by atoms with Crippen LogP contribution in [0.2, 0.25) is 12.1 Å². The Labute approximate surface area is 59.0 Å². The van der Waals surface area contributed by atoms with Crippen molar-refractivity contribution in [2.24, 2.45) is 5.92 Å². The van der Waals surface area contributed by atoms with Crippen molar-refractivity contribution in [3.05, 3.63) is 0 Å². The van der Waals surface area contributed by atoms with Crippen molar-refractivity contribution < 1.29 is 4.79 Å². The lowest BCUT2D eigenvalue weighted by Crippen LogP contribution is -2.12. The van der Waals surface area contributed by atoms with Gasteiger partial charge in [0.05, 0.1) is 0 Å². The summed E-state index contributed by atoms with van der Waals surface area (Å²) in [6, 6.07) is 0. The molecule has 2 atom stereocenters. The molecule has 50 valence electrons. The third-order valence-corrected chi connectivity index (χ3v) is 2.14. The van der Waals surface area contributed by atoms with E-state index in [9.17, 15) is 4.79 Å². The first-order valence-electron chi connectivity index (χ1n) is 3.60. The highest BCUT2D eigenvalue weighted by Crippen LogP contribution is 2.17. The first-order valence-corrected chi connectivity index (χ1v) is 3.60. The monoisotopic (exact) mass is 124 g/mol. The third kappa shape index (κ3) is 2.73. The van der Waals surface area contributed by atoms with Crippen LogP contribution in [0.1, 0.15) is 13.8 Å². The maximum absolute atomic E-state index is 10.7. The van der Waals surface area contributed by atoms with E-state index in [-0.39, 0.29) is 5.82 Å². The van der Waals surface area contributed by atoms with E-state index >= 15 is 0 Å². The normalized spacial score (nSPS) is 16.7. The third-order valence-electron chi connectivity index (χ3n) is 2.14. The average Bonchev–Trinajstić information content (AvgIpc) is 1.84. The minimum Gasteiger partial charge on any atom is -0.301 e. The number of hydrogen-bond acceptors (Lipinski definition) is 1. The van der Waals surface area contributed by atoms with Crippen LogP contribution in [0.5, 0.6) is 0 Å². The lowest BCUT2D eigenvalue weighted by atomic mass is 9.70. The minimum atomic E-state index is 0.245. The van der Waals surface area contributed by atoms with Gasteiger partial charge >= 0.3 is 0 Å². The second-order valence-electron chi connectivity index (χ2n) is 2.78. The van der Waals surface area contributed by atoms with Gasteiger partial charge in [0.15, 0.2) is 0 Å². The predicted octanol–water partition coefficient (Wildman–Crippen LogP) is -0.316. The van der Waals surface area contributed by atoms with Crippen molar-refractivity contribution in [1.82, 2.24) is 0 Å². The van der Waals surface area contributed by atoms with Crippen LogP contribution >= 0.6 is 0 Å². The summed E-state index contributed by atoms with van der Waals surface area (Å²) in [6.45, 7) is 3.78. The minimum absolute atomic E-state index is 0.245. The number of Topliss-reactive ketones (excluding diaryl/α,β-unsaturated/α-hetero) is 1. The molecule has 0 saturated carbocycles. The van der Waals surface area contributed by atoms with Gasteiger partial charge in [0.1, 0.15) is 21.5 Å². The van der Waals surface area contributed by atoms with Gasteiger partial charge in [0.25, 0.3) is 0 Å². The molecule has 0 aliphatic heterocycles. The number of carbonyl (C=O) groups excluding carboxylic acids is 1. The Hall–Kier alpha value is -0.200. The highest BCUT2D eigenvalue weighted by atomic mass is 16.1. The lowest BCUT2D eigenvalue weighted by Gasteiger charge is -2.13. The van der Waals surface area contributed by atoms with E-state index in [0.29, 0.717) is 11.7 Å². The molecule has 0 saturated heterocycles. The standard InChI is InChI=1S/C6H14B2O/c1-4(3-7)6(8)5(2)9/h4,6H,3,7-8H2,1-2H3.